The van der Waals surface area contributed by atoms with Crippen molar-refractivity contribution in [2.45, 2.75) is 11.5 Å². The Kier molecular flexibility index (Phi) is 3.97. The molecule has 0 fully saturated rings. The molecule has 0 aliphatic rings. The van der Waals surface area contributed by atoms with Crippen LogP contribution in [0.2, 0.25) is 0 Å². The standard InChI is InChI=1S/C8H10O5S2/c1-15(11,12)13-6-7-3-2-4-8(5-7)14(9)10/h2-5H,6H2,1H3,(H,9,10)/p-1. The van der Waals surface area contributed by atoms with Crippen LogP contribution >= 0.6 is 0 Å². The number of rotatable bonds is 4. The smallest absolute Gasteiger partial charge is 0.264 e. The summed E-state index contributed by atoms with van der Waals surface area (Å²) < 4.78 is 47.1. The molecular weight excluding hydrogens is 240 g/mol. The lowest BCUT2D eigenvalue weighted by Crippen LogP contribution is -2.03. The molecule has 1 aromatic carbocycles. The lowest BCUT2D eigenvalue weighted by atomic mass is 10.2. The van der Waals surface area contributed by atoms with Crippen LogP contribution in [0.3, 0.4) is 0 Å². The Bertz CT molecular complexity index is 466. The average molecular weight is 249 g/mol. The summed E-state index contributed by atoms with van der Waals surface area (Å²) in [5, 5.41) is 0. The fraction of sp³-hybridized carbons (Fsp3) is 0.250. The molecule has 0 aliphatic carbocycles. The lowest BCUT2D eigenvalue weighted by Gasteiger charge is -2.07. The summed E-state index contributed by atoms with van der Waals surface area (Å²) in [6.45, 7) is -0.163. The van der Waals surface area contributed by atoms with Gasteiger partial charge in [-0.3, -0.25) is 8.39 Å². The first-order valence-electron chi connectivity index (χ1n) is 3.91. The maximum absolute atomic E-state index is 10.7. The third-order valence-corrected chi connectivity index (χ3v) is 2.72. The molecule has 0 saturated heterocycles. The molecule has 0 amide bonds. The van der Waals surface area contributed by atoms with E-state index in [1.54, 1.807) is 6.07 Å². The Hall–Kier alpha value is -0.760. The Morgan fingerprint density at radius 1 is 1.47 bits per heavy atom. The SMILES string of the molecule is CS(=O)(=O)OCc1cccc(S(=O)[O-])c1. The van der Waals surface area contributed by atoms with Crippen LogP contribution in [0.4, 0.5) is 0 Å². The van der Waals surface area contributed by atoms with Gasteiger partial charge in [-0.1, -0.05) is 12.1 Å². The summed E-state index contributed by atoms with van der Waals surface area (Å²) in [5.41, 5.74) is 0.488. The van der Waals surface area contributed by atoms with Gasteiger partial charge in [0, 0.05) is 4.90 Å². The lowest BCUT2D eigenvalue weighted by molar-refractivity contribution is 0.311. The van der Waals surface area contributed by atoms with Gasteiger partial charge in [0.25, 0.3) is 10.1 Å². The molecule has 0 bridgehead atoms. The van der Waals surface area contributed by atoms with Crippen LogP contribution in [0.15, 0.2) is 29.2 Å². The predicted octanol–water partition coefficient (Wildman–Crippen LogP) is 0.401. The number of hydrogen-bond donors (Lipinski definition) is 0. The molecule has 5 nitrogen and oxygen atoms in total. The third kappa shape index (κ3) is 4.52. The minimum atomic E-state index is -3.51. The van der Waals surface area contributed by atoms with Gasteiger partial charge in [-0.2, -0.15) is 8.42 Å². The topological polar surface area (TPSA) is 83.5 Å². The van der Waals surface area contributed by atoms with Gasteiger partial charge >= 0.3 is 0 Å². The maximum Gasteiger partial charge on any atom is 0.264 e. The molecule has 1 aromatic rings. The minimum Gasteiger partial charge on any atom is -0.768 e. The normalized spacial score (nSPS) is 13.7. The first kappa shape index (κ1) is 12.3. The highest BCUT2D eigenvalue weighted by molar-refractivity contribution is 7.85. The summed E-state index contributed by atoms with van der Waals surface area (Å²) in [7, 11) is -3.51. The highest BCUT2D eigenvalue weighted by Crippen LogP contribution is 2.10. The van der Waals surface area contributed by atoms with E-state index >= 15 is 0 Å². The van der Waals surface area contributed by atoms with E-state index in [-0.39, 0.29) is 11.5 Å². The van der Waals surface area contributed by atoms with Crippen LogP contribution in [-0.2, 0) is 32.0 Å². The first-order valence-corrected chi connectivity index (χ1v) is 6.80. The summed E-state index contributed by atoms with van der Waals surface area (Å²) in [6, 6.07) is 5.87. The molecule has 1 unspecified atom stereocenters. The van der Waals surface area contributed by atoms with Gasteiger partial charge in [-0.25, -0.2) is 0 Å². The summed E-state index contributed by atoms with van der Waals surface area (Å²) >= 11 is -2.32. The van der Waals surface area contributed by atoms with Crippen molar-refractivity contribution in [3.8, 4) is 0 Å². The zero-order valence-electron chi connectivity index (χ0n) is 7.87. The Morgan fingerprint density at radius 3 is 2.67 bits per heavy atom. The van der Waals surface area contributed by atoms with E-state index in [1.807, 2.05) is 0 Å². The minimum absolute atomic E-state index is 0.101. The van der Waals surface area contributed by atoms with Gasteiger partial charge in [0.2, 0.25) is 0 Å². The van der Waals surface area contributed by atoms with Crippen LogP contribution in [0.25, 0.3) is 0 Å². The highest BCUT2D eigenvalue weighted by atomic mass is 32.2. The van der Waals surface area contributed by atoms with Gasteiger partial charge < -0.3 is 4.55 Å². The largest absolute Gasteiger partial charge is 0.768 e. The molecule has 0 saturated carbocycles. The van der Waals surface area contributed by atoms with Gasteiger partial charge in [-0.05, 0) is 28.8 Å². The quantitative estimate of drug-likeness (QED) is 0.569. The van der Waals surface area contributed by atoms with Crippen LogP contribution in [0.1, 0.15) is 5.56 Å². The molecule has 0 spiro atoms. The molecule has 0 radical (unpaired) electrons. The van der Waals surface area contributed by atoms with E-state index in [4.69, 9.17) is 0 Å². The van der Waals surface area contributed by atoms with Crippen molar-refractivity contribution in [3.05, 3.63) is 29.8 Å². The zero-order chi connectivity index (χ0) is 11.5. The molecule has 0 N–H and O–H groups in total. The van der Waals surface area contributed by atoms with Crippen LogP contribution in [0.5, 0.6) is 0 Å². The maximum atomic E-state index is 10.7. The van der Waals surface area contributed by atoms with E-state index < -0.39 is 21.2 Å². The molecular formula is C8H9O5S2-. The fourth-order valence-corrected chi connectivity index (χ4v) is 1.70. The van der Waals surface area contributed by atoms with Crippen molar-refractivity contribution in [2.75, 3.05) is 6.26 Å². The molecule has 15 heavy (non-hydrogen) atoms. The van der Waals surface area contributed by atoms with Crippen molar-refractivity contribution in [1.29, 1.82) is 0 Å². The van der Waals surface area contributed by atoms with Crippen LogP contribution in [0, 0.1) is 0 Å². The second-order valence-corrected chi connectivity index (χ2v) is 5.43. The molecule has 84 valence electrons. The first-order chi connectivity index (χ1) is 6.88. The fourth-order valence-electron chi connectivity index (χ4n) is 0.914. The second-order valence-electron chi connectivity index (χ2n) is 2.85. The predicted molar refractivity (Wildman–Crippen MR) is 53.3 cm³/mol. The van der Waals surface area contributed by atoms with Crippen molar-refractivity contribution < 1.29 is 21.4 Å². The Labute approximate surface area is 90.5 Å². The Morgan fingerprint density at radius 2 is 2.13 bits per heavy atom. The molecule has 1 atom stereocenters. The van der Waals surface area contributed by atoms with Crippen molar-refractivity contribution in [3.63, 3.8) is 0 Å². The monoisotopic (exact) mass is 249 g/mol. The number of benzene rings is 1. The van der Waals surface area contributed by atoms with Gasteiger partial charge in [0.1, 0.15) is 0 Å². The summed E-state index contributed by atoms with van der Waals surface area (Å²) in [5.74, 6) is 0. The molecule has 0 aromatic heterocycles. The van der Waals surface area contributed by atoms with Crippen LogP contribution in [-0.4, -0.2) is 23.4 Å². The summed E-state index contributed by atoms with van der Waals surface area (Å²) in [4.78, 5) is 0.101. The van der Waals surface area contributed by atoms with Gasteiger partial charge in [0.05, 0.1) is 12.9 Å². The van der Waals surface area contributed by atoms with E-state index in [2.05, 4.69) is 4.18 Å². The zero-order valence-corrected chi connectivity index (χ0v) is 9.51. The van der Waals surface area contributed by atoms with E-state index in [1.165, 1.54) is 18.2 Å². The van der Waals surface area contributed by atoms with Crippen LogP contribution < -0.4 is 0 Å². The highest BCUT2D eigenvalue weighted by Gasteiger charge is 2.03. The van der Waals surface area contributed by atoms with Crippen molar-refractivity contribution >= 4 is 21.2 Å². The van der Waals surface area contributed by atoms with Crippen molar-refractivity contribution in [1.82, 2.24) is 0 Å². The van der Waals surface area contributed by atoms with Gasteiger partial charge in [0.15, 0.2) is 0 Å². The van der Waals surface area contributed by atoms with Crippen molar-refractivity contribution in [2.24, 2.45) is 0 Å². The third-order valence-electron chi connectivity index (χ3n) is 1.53. The number of hydrogen-bond acceptors (Lipinski definition) is 5. The van der Waals surface area contributed by atoms with E-state index in [0.29, 0.717) is 5.56 Å². The van der Waals surface area contributed by atoms with E-state index in [0.717, 1.165) is 6.26 Å². The van der Waals surface area contributed by atoms with Gasteiger partial charge in [-0.15, -0.1) is 0 Å². The molecule has 7 heteroatoms. The summed E-state index contributed by atoms with van der Waals surface area (Å²) in [6.07, 6.45) is 0.933. The van der Waals surface area contributed by atoms with E-state index in [9.17, 15) is 17.2 Å². The molecule has 1 rings (SSSR count). The Balaban J connectivity index is 2.79. The molecule has 0 aliphatic heterocycles. The second kappa shape index (κ2) is 4.84. The average Bonchev–Trinajstić information content (AvgIpc) is 2.14. The molecule has 0 heterocycles.